The molecule has 3 rings (SSSR count). The van der Waals surface area contributed by atoms with E-state index in [2.05, 4.69) is 15.5 Å². The lowest BCUT2D eigenvalue weighted by molar-refractivity contribution is -0.127. The molecule has 1 aliphatic rings. The Morgan fingerprint density at radius 2 is 2.52 bits per heavy atom. The minimum atomic E-state index is 0.0649. The Morgan fingerprint density at radius 3 is 3.26 bits per heavy atom. The van der Waals surface area contributed by atoms with Crippen LogP contribution in [0.4, 0.5) is 0 Å². The number of carbonyl (C=O) groups excluding carboxylic acids is 1. The molecule has 9 heteroatoms. The summed E-state index contributed by atoms with van der Waals surface area (Å²) in [6.07, 6.45) is 2.29. The summed E-state index contributed by atoms with van der Waals surface area (Å²) in [6.45, 7) is 2.09. The normalized spacial score (nSPS) is 17.5. The van der Waals surface area contributed by atoms with Crippen molar-refractivity contribution in [3.63, 3.8) is 0 Å². The van der Waals surface area contributed by atoms with Crippen molar-refractivity contribution in [1.82, 2.24) is 25.1 Å². The van der Waals surface area contributed by atoms with E-state index in [4.69, 9.17) is 4.74 Å². The Labute approximate surface area is 143 Å². The summed E-state index contributed by atoms with van der Waals surface area (Å²) in [6, 6.07) is 4.02. The van der Waals surface area contributed by atoms with E-state index >= 15 is 0 Å². The number of carbonyl (C=O) groups is 1. The maximum Gasteiger partial charge on any atom is 0.233 e. The Hall–Kier alpha value is -1.45. The first kappa shape index (κ1) is 16.4. The summed E-state index contributed by atoms with van der Waals surface area (Å²) in [7, 11) is 1.82. The van der Waals surface area contributed by atoms with Crippen LogP contribution in [0.1, 0.15) is 17.7 Å². The van der Waals surface area contributed by atoms with Gasteiger partial charge in [0.2, 0.25) is 11.1 Å². The van der Waals surface area contributed by atoms with E-state index in [0.29, 0.717) is 24.0 Å². The molecule has 23 heavy (non-hydrogen) atoms. The van der Waals surface area contributed by atoms with Gasteiger partial charge in [-0.15, -0.1) is 16.4 Å². The van der Waals surface area contributed by atoms with Gasteiger partial charge in [0.05, 0.1) is 24.9 Å². The minimum absolute atomic E-state index is 0.0649. The predicted molar refractivity (Wildman–Crippen MR) is 88.3 cm³/mol. The van der Waals surface area contributed by atoms with E-state index in [1.54, 1.807) is 20.9 Å². The quantitative estimate of drug-likeness (QED) is 0.705. The lowest BCUT2D eigenvalue weighted by Crippen LogP contribution is -2.27. The smallest absolute Gasteiger partial charge is 0.233 e. The zero-order valence-corrected chi connectivity index (χ0v) is 14.6. The van der Waals surface area contributed by atoms with Crippen molar-refractivity contribution in [1.29, 1.82) is 0 Å². The molecule has 0 bridgehead atoms. The fourth-order valence-electron chi connectivity index (χ4n) is 2.36. The van der Waals surface area contributed by atoms with Gasteiger partial charge in [-0.3, -0.25) is 4.79 Å². The summed E-state index contributed by atoms with van der Waals surface area (Å²) in [5.74, 6) is 0.392. The van der Waals surface area contributed by atoms with Gasteiger partial charge in [0.25, 0.3) is 0 Å². The molecule has 0 aliphatic carbocycles. The standard InChI is InChI=1S/C14H19N5O2S2/c1-18(9-12-5-3-7-22-12)13(20)10-23-14-15-16-17-19(14)8-11-4-2-6-21-11/h3,5,7,11H,2,4,6,8-10H2,1H3. The molecule has 0 saturated carbocycles. The Balaban J connectivity index is 1.49. The van der Waals surface area contributed by atoms with Gasteiger partial charge < -0.3 is 9.64 Å². The lowest BCUT2D eigenvalue weighted by atomic mass is 10.2. The highest BCUT2D eigenvalue weighted by Crippen LogP contribution is 2.19. The van der Waals surface area contributed by atoms with Crippen LogP contribution >= 0.6 is 23.1 Å². The molecular weight excluding hydrogens is 334 g/mol. The minimum Gasteiger partial charge on any atom is -0.376 e. The summed E-state index contributed by atoms with van der Waals surface area (Å²) in [4.78, 5) is 15.1. The number of aromatic nitrogens is 4. The molecule has 0 radical (unpaired) electrons. The zero-order valence-electron chi connectivity index (χ0n) is 12.9. The lowest BCUT2D eigenvalue weighted by Gasteiger charge is -2.16. The third-order valence-electron chi connectivity index (χ3n) is 3.62. The highest BCUT2D eigenvalue weighted by Gasteiger charge is 2.20. The maximum atomic E-state index is 12.2. The number of hydrogen-bond donors (Lipinski definition) is 0. The first-order valence-electron chi connectivity index (χ1n) is 7.49. The van der Waals surface area contributed by atoms with Crippen LogP contribution in [0.15, 0.2) is 22.7 Å². The molecule has 1 aliphatic heterocycles. The van der Waals surface area contributed by atoms with Crippen molar-refractivity contribution in [2.75, 3.05) is 19.4 Å². The second-order valence-corrected chi connectivity index (χ2v) is 7.37. The molecule has 2 aromatic rings. The van der Waals surface area contributed by atoms with Gasteiger partial charge in [-0.05, 0) is 34.7 Å². The molecule has 0 aromatic carbocycles. The molecule has 0 spiro atoms. The molecule has 1 fully saturated rings. The number of nitrogens with zero attached hydrogens (tertiary/aromatic N) is 5. The van der Waals surface area contributed by atoms with Crippen LogP contribution in [0.2, 0.25) is 0 Å². The number of tetrazole rings is 1. The number of thiophene rings is 1. The maximum absolute atomic E-state index is 12.2. The van der Waals surface area contributed by atoms with Crippen molar-refractivity contribution in [3.8, 4) is 0 Å². The van der Waals surface area contributed by atoms with Crippen LogP contribution in [-0.2, 0) is 22.6 Å². The first-order valence-corrected chi connectivity index (χ1v) is 9.36. The average molecular weight is 353 g/mol. The highest BCUT2D eigenvalue weighted by atomic mass is 32.2. The fraction of sp³-hybridized carbons (Fsp3) is 0.571. The van der Waals surface area contributed by atoms with Crippen LogP contribution in [0.5, 0.6) is 0 Å². The van der Waals surface area contributed by atoms with E-state index in [-0.39, 0.29) is 12.0 Å². The van der Waals surface area contributed by atoms with Gasteiger partial charge >= 0.3 is 0 Å². The van der Waals surface area contributed by atoms with Crippen LogP contribution < -0.4 is 0 Å². The molecule has 1 amide bonds. The topological polar surface area (TPSA) is 73.1 Å². The predicted octanol–water partition coefficient (Wildman–Crippen LogP) is 1.66. The molecule has 3 heterocycles. The third kappa shape index (κ3) is 4.52. The van der Waals surface area contributed by atoms with Gasteiger partial charge in [0, 0.05) is 18.5 Å². The van der Waals surface area contributed by atoms with Gasteiger partial charge in [-0.25, -0.2) is 4.68 Å². The third-order valence-corrected chi connectivity index (χ3v) is 5.43. The number of ether oxygens (including phenoxy) is 1. The summed E-state index contributed by atoms with van der Waals surface area (Å²) >= 11 is 3.02. The van der Waals surface area contributed by atoms with Gasteiger partial charge in [0.15, 0.2) is 0 Å². The second-order valence-electron chi connectivity index (χ2n) is 5.40. The Bertz CT molecular complexity index is 625. The van der Waals surface area contributed by atoms with E-state index in [0.717, 1.165) is 19.4 Å². The monoisotopic (exact) mass is 353 g/mol. The van der Waals surface area contributed by atoms with Crippen molar-refractivity contribution in [2.24, 2.45) is 0 Å². The van der Waals surface area contributed by atoms with Crippen LogP contribution in [0.25, 0.3) is 0 Å². The summed E-state index contributed by atoms with van der Waals surface area (Å²) in [5, 5.41) is 14.4. The number of hydrogen-bond acceptors (Lipinski definition) is 7. The molecule has 0 N–H and O–H groups in total. The average Bonchev–Trinajstić information content (AvgIpc) is 3.28. The van der Waals surface area contributed by atoms with Gasteiger partial charge in [-0.1, -0.05) is 17.8 Å². The molecule has 1 saturated heterocycles. The summed E-state index contributed by atoms with van der Waals surface area (Å²) in [5.41, 5.74) is 0. The molecule has 1 unspecified atom stereocenters. The van der Waals surface area contributed by atoms with Gasteiger partial charge in [-0.2, -0.15) is 0 Å². The fourth-order valence-corrected chi connectivity index (χ4v) is 3.94. The van der Waals surface area contributed by atoms with Crippen molar-refractivity contribution < 1.29 is 9.53 Å². The van der Waals surface area contributed by atoms with E-state index in [1.165, 1.54) is 16.6 Å². The molecule has 1 atom stereocenters. The molecule has 124 valence electrons. The van der Waals surface area contributed by atoms with E-state index in [9.17, 15) is 4.79 Å². The molecular formula is C14H19N5O2S2. The van der Waals surface area contributed by atoms with Crippen molar-refractivity contribution in [2.45, 2.75) is 37.2 Å². The first-order chi connectivity index (χ1) is 11.2. The van der Waals surface area contributed by atoms with Crippen molar-refractivity contribution in [3.05, 3.63) is 22.4 Å². The van der Waals surface area contributed by atoms with E-state index in [1.807, 2.05) is 24.6 Å². The number of amides is 1. The van der Waals surface area contributed by atoms with Crippen LogP contribution in [0, 0.1) is 0 Å². The zero-order chi connectivity index (χ0) is 16.1. The Kier molecular flexibility index (Phi) is 5.63. The van der Waals surface area contributed by atoms with Gasteiger partial charge in [0.1, 0.15) is 0 Å². The number of rotatable bonds is 7. The van der Waals surface area contributed by atoms with E-state index < -0.39 is 0 Å². The highest BCUT2D eigenvalue weighted by molar-refractivity contribution is 7.99. The second kappa shape index (κ2) is 7.89. The SMILES string of the molecule is CN(Cc1cccs1)C(=O)CSc1nnnn1CC1CCCO1. The Morgan fingerprint density at radius 1 is 1.61 bits per heavy atom. The van der Waals surface area contributed by atoms with Crippen LogP contribution in [-0.4, -0.2) is 56.5 Å². The number of thioether (sulfide) groups is 1. The summed E-state index contributed by atoms with van der Waals surface area (Å²) < 4.78 is 7.33. The molecule has 7 nitrogen and oxygen atoms in total. The largest absolute Gasteiger partial charge is 0.376 e. The van der Waals surface area contributed by atoms with Crippen molar-refractivity contribution >= 4 is 29.0 Å². The van der Waals surface area contributed by atoms with Crippen LogP contribution in [0.3, 0.4) is 0 Å². The molecule has 2 aromatic heterocycles.